The molecule has 0 bridgehead atoms. The number of hydrogen-bond donors (Lipinski definition) is 1. The van der Waals surface area contributed by atoms with Gasteiger partial charge in [0.05, 0.1) is 13.2 Å². The van der Waals surface area contributed by atoms with Gasteiger partial charge in [0.15, 0.2) is 5.65 Å². The van der Waals surface area contributed by atoms with Crippen molar-refractivity contribution in [2.24, 2.45) is 0 Å². The first-order valence-corrected chi connectivity index (χ1v) is 7.07. The summed E-state index contributed by atoms with van der Waals surface area (Å²) in [6, 6.07) is 0. The largest absolute Gasteiger partial charge is 0.379 e. The van der Waals surface area contributed by atoms with Gasteiger partial charge in [-0.25, -0.2) is 4.98 Å². The van der Waals surface area contributed by atoms with Crippen molar-refractivity contribution in [3.05, 3.63) is 17.6 Å². The minimum Gasteiger partial charge on any atom is -0.379 e. The van der Waals surface area contributed by atoms with Crippen molar-refractivity contribution in [1.82, 2.24) is 24.5 Å². The van der Waals surface area contributed by atoms with Crippen molar-refractivity contribution < 1.29 is 4.74 Å². The highest BCUT2D eigenvalue weighted by atomic mass is 16.5. The molecule has 1 saturated heterocycles. The predicted octanol–water partition coefficient (Wildman–Crippen LogP) is 0.491. The van der Waals surface area contributed by atoms with Crippen LogP contribution in [-0.2, 0) is 17.7 Å². The summed E-state index contributed by atoms with van der Waals surface area (Å²) in [7, 11) is 0. The van der Waals surface area contributed by atoms with E-state index < -0.39 is 0 Å². The zero-order valence-corrected chi connectivity index (χ0v) is 11.7. The van der Waals surface area contributed by atoms with Crippen LogP contribution in [0.25, 0.3) is 5.65 Å². The molecule has 1 aliphatic rings. The number of hydrogen-bond acceptors (Lipinski definition) is 6. The minimum absolute atomic E-state index is 0.304. The zero-order valence-electron chi connectivity index (χ0n) is 11.7. The first-order chi connectivity index (χ1) is 9.78. The molecule has 1 aliphatic heterocycles. The van der Waals surface area contributed by atoms with Crippen LogP contribution < -0.4 is 5.73 Å². The van der Waals surface area contributed by atoms with Gasteiger partial charge in [-0.2, -0.15) is 9.50 Å². The molecule has 2 aromatic rings. The monoisotopic (exact) mass is 276 g/mol. The second kappa shape index (κ2) is 5.72. The van der Waals surface area contributed by atoms with Gasteiger partial charge in [0.1, 0.15) is 5.82 Å². The highest BCUT2D eigenvalue weighted by Crippen LogP contribution is 2.15. The Labute approximate surface area is 117 Å². The molecule has 3 rings (SSSR count). The maximum Gasteiger partial charge on any atom is 0.240 e. The van der Waals surface area contributed by atoms with E-state index in [9.17, 15) is 0 Å². The summed E-state index contributed by atoms with van der Waals surface area (Å²) >= 11 is 0. The lowest BCUT2D eigenvalue weighted by molar-refractivity contribution is 0.0342. The number of nitrogens with zero attached hydrogens (tertiary/aromatic N) is 5. The van der Waals surface area contributed by atoms with E-state index in [4.69, 9.17) is 10.5 Å². The van der Waals surface area contributed by atoms with E-state index >= 15 is 0 Å². The number of ether oxygens (including phenoxy) is 1. The van der Waals surface area contributed by atoms with Crippen LogP contribution in [0.3, 0.4) is 0 Å². The van der Waals surface area contributed by atoms with Gasteiger partial charge in [0.25, 0.3) is 0 Å². The van der Waals surface area contributed by atoms with Crippen LogP contribution in [0.5, 0.6) is 0 Å². The van der Waals surface area contributed by atoms with E-state index in [2.05, 4.69) is 26.9 Å². The molecule has 1 fully saturated rings. The number of nitrogens with two attached hydrogens (primary N) is 1. The van der Waals surface area contributed by atoms with E-state index in [1.54, 1.807) is 4.52 Å². The fourth-order valence-electron chi connectivity index (χ4n) is 2.49. The van der Waals surface area contributed by atoms with Crippen LogP contribution in [0.2, 0.25) is 0 Å². The van der Waals surface area contributed by atoms with E-state index in [1.807, 2.05) is 6.20 Å². The van der Waals surface area contributed by atoms with Crippen LogP contribution in [0.4, 0.5) is 5.95 Å². The van der Waals surface area contributed by atoms with E-state index in [1.165, 1.54) is 0 Å². The quantitative estimate of drug-likeness (QED) is 0.875. The molecule has 0 atom stereocenters. The van der Waals surface area contributed by atoms with Crippen LogP contribution in [0, 0.1) is 0 Å². The van der Waals surface area contributed by atoms with Crippen molar-refractivity contribution >= 4 is 11.6 Å². The maximum atomic E-state index is 5.75. The Hall–Kier alpha value is -1.73. The van der Waals surface area contributed by atoms with Crippen molar-refractivity contribution in [2.45, 2.75) is 26.3 Å². The van der Waals surface area contributed by atoms with Crippen LogP contribution in [0.15, 0.2) is 6.20 Å². The smallest absolute Gasteiger partial charge is 0.240 e. The van der Waals surface area contributed by atoms with Gasteiger partial charge in [-0.1, -0.05) is 6.92 Å². The molecule has 7 nitrogen and oxygen atoms in total. The molecule has 108 valence electrons. The SMILES string of the molecule is CCCc1ncc(CN2CCOCC2)c2nc(N)nn12. The average molecular weight is 276 g/mol. The third-order valence-electron chi connectivity index (χ3n) is 3.50. The molecule has 3 heterocycles. The number of morpholine rings is 1. The Bertz CT molecular complexity index is 590. The molecule has 0 aliphatic carbocycles. The maximum absolute atomic E-state index is 5.75. The Balaban J connectivity index is 1.92. The summed E-state index contributed by atoms with van der Waals surface area (Å²) in [4.78, 5) is 11.2. The highest BCUT2D eigenvalue weighted by molar-refractivity contribution is 5.49. The van der Waals surface area contributed by atoms with Crippen LogP contribution >= 0.6 is 0 Å². The fraction of sp³-hybridized carbons (Fsp3) is 0.615. The second-order valence-electron chi connectivity index (χ2n) is 5.04. The number of rotatable bonds is 4. The summed E-state index contributed by atoms with van der Waals surface area (Å²) in [5.41, 5.74) is 7.65. The van der Waals surface area contributed by atoms with Gasteiger partial charge < -0.3 is 10.5 Å². The third kappa shape index (κ3) is 2.59. The Morgan fingerprint density at radius 2 is 2.15 bits per heavy atom. The third-order valence-corrected chi connectivity index (χ3v) is 3.50. The summed E-state index contributed by atoms with van der Waals surface area (Å²) < 4.78 is 7.16. The molecule has 20 heavy (non-hydrogen) atoms. The Morgan fingerprint density at radius 3 is 2.90 bits per heavy atom. The summed E-state index contributed by atoms with van der Waals surface area (Å²) in [5.74, 6) is 1.22. The van der Waals surface area contributed by atoms with Crippen molar-refractivity contribution in [2.75, 3.05) is 32.0 Å². The first-order valence-electron chi connectivity index (χ1n) is 7.07. The minimum atomic E-state index is 0.304. The first kappa shape index (κ1) is 13.3. The molecule has 0 radical (unpaired) electrons. The molecule has 0 aromatic carbocycles. The zero-order chi connectivity index (χ0) is 13.9. The predicted molar refractivity (Wildman–Crippen MR) is 75.3 cm³/mol. The van der Waals surface area contributed by atoms with Gasteiger partial charge in [-0.05, 0) is 6.42 Å². The van der Waals surface area contributed by atoms with Gasteiger partial charge >= 0.3 is 0 Å². The van der Waals surface area contributed by atoms with E-state index in [0.717, 1.165) is 62.7 Å². The number of anilines is 1. The number of aromatic nitrogens is 4. The van der Waals surface area contributed by atoms with Crippen LogP contribution in [0.1, 0.15) is 24.7 Å². The summed E-state index contributed by atoms with van der Waals surface area (Å²) in [6.45, 7) is 6.37. The molecule has 0 amide bonds. The molecular weight excluding hydrogens is 256 g/mol. The lowest BCUT2D eigenvalue weighted by atomic mass is 10.2. The lowest BCUT2D eigenvalue weighted by Crippen LogP contribution is -2.35. The fourth-order valence-corrected chi connectivity index (χ4v) is 2.49. The number of nitrogen functional groups attached to an aromatic ring is 1. The standard InChI is InChI=1S/C13H20N6O/c1-2-3-11-15-8-10(9-18-4-6-20-7-5-18)12-16-13(14)17-19(11)12/h8H,2-7,9H2,1H3,(H2,14,17). The van der Waals surface area contributed by atoms with Gasteiger partial charge in [-0.15, -0.1) is 5.10 Å². The normalized spacial score (nSPS) is 16.9. The topological polar surface area (TPSA) is 81.6 Å². The lowest BCUT2D eigenvalue weighted by Gasteiger charge is -2.26. The van der Waals surface area contributed by atoms with Crippen molar-refractivity contribution in [3.63, 3.8) is 0 Å². The van der Waals surface area contributed by atoms with Crippen molar-refractivity contribution in [3.8, 4) is 0 Å². The Kier molecular flexibility index (Phi) is 3.79. The van der Waals surface area contributed by atoms with E-state index in [0.29, 0.717) is 5.95 Å². The van der Waals surface area contributed by atoms with Crippen molar-refractivity contribution in [1.29, 1.82) is 0 Å². The molecule has 0 unspecified atom stereocenters. The number of fused-ring (bicyclic) bond motifs is 1. The summed E-state index contributed by atoms with van der Waals surface area (Å²) in [5, 5.41) is 4.26. The number of aryl methyl sites for hydroxylation is 1. The summed E-state index contributed by atoms with van der Waals surface area (Å²) in [6.07, 6.45) is 3.80. The van der Waals surface area contributed by atoms with Gasteiger partial charge in [-0.3, -0.25) is 4.90 Å². The molecule has 0 spiro atoms. The highest BCUT2D eigenvalue weighted by Gasteiger charge is 2.16. The second-order valence-corrected chi connectivity index (χ2v) is 5.04. The molecule has 2 N–H and O–H groups in total. The van der Waals surface area contributed by atoms with Crippen LogP contribution in [-0.4, -0.2) is 50.8 Å². The molecule has 0 saturated carbocycles. The molecular formula is C13H20N6O. The van der Waals surface area contributed by atoms with Gasteiger partial charge in [0.2, 0.25) is 5.95 Å². The van der Waals surface area contributed by atoms with Gasteiger partial charge in [0, 0.05) is 37.8 Å². The molecule has 7 heteroatoms. The van der Waals surface area contributed by atoms with E-state index in [-0.39, 0.29) is 0 Å². The molecule has 2 aromatic heterocycles. The average Bonchev–Trinajstić information content (AvgIpc) is 2.85. The Morgan fingerprint density at radius 1 is 1.35 bits per heavy atom.